The molecule has 0 bridgehead atoms. The molecule has 1 aromatic carbocycles. The number of ketones is 1. The van der Waals surface area contributed by atoms with Gasteiger partial charge in [0.15, 0.2) is 0 Å². The Hall–Kier alpha value is -1.98. The fourth-order valence-corrected chi connectivity index (χ4v) is 2.48. The number of para-hydroxylation sites is 1. The van der Waals surface area contributed by atoms with E-state index in [1.807, 2.05) is 0 Å². The van der Waals surface area contributed by atoms with E-state index >= 15 is 0 Å². The first-order chi connectivity index (χ1) is 9.00. The molecule has 0 amide bonds. The monoisotopic (exact) mass is 266 g/mol. The van der Waals surface area contributed by atoms with E-state index < -0.39 is 16.4 Å². The van der Waals surface area contributed by atoms with Gasteiger partial charge in [0.25, 0.3) is 0 Å². The number of nitrogens with zero attached hydrogens (tertiary/aromatic N) is 2. The van der Waals surface area contributed by atoms with Crippen molar-refractivity contribution >= 4 is 17.2 Å². The van der Waals surface area contributed by atoms with E-state index in [0.717, 1.165) is 6.07 Å². The fourth-order valence-electron chi connectivity index (χ4n) is 2.48. The van der Waals surface area contributed by atoms with E-state index in [2.05, 4.69) is 0 Å². The highest BCUT2D eigenvalue weighted by Crippen LogP contribution is 2.33. The molecule has 0 unspecified atom stereocenters. The maximum Gasteiger partial charge on any atom is 0.327 e. The van der Waals surface area contributed by atoms with Gasteiger partial charge in [-0.3, -0.25) is 14.9 Å². The Morgan fingerprint density at radius 3 is 2.58 bits per heavy atom. The number of carbonyl (C=O) groups excluding carboxylic acids is 1. The molecule has 19 heavy (non-hydrogen) atoms. The van der Waals surface area contributed by atoms with Gasteiger partial charge in [0.1, 0.15) is 11.5 Å². The molecule has 0 radical (unpaired) electrons. The lowest BCUT2D eigenvalue weighted by atomic mass is 9.93. The van der Waals surface area contributed by atoms with Crippen LogP contribution in [0.4, 0.5) is 15.8 Å². The quantitative estimate of drug-likeness (QED) is 0.623. The van der Waals surface area contributed by atoms with Gasteiger partial charge in [0.2, 0.25) is 5.82 Å². The molecule has 0 N–H and O–H groups in total. The number of rotatable bonds is 3. The summed E-state index contributed by atoms with van der Waals surface area (Å²) in [5, 5.41) is 11.0. The van der Waals surface area contributed by atoms with E-state index in [9.17, 15) is 19.3 Å². The second-order valence-electron chi connectivity index (χ2n) is 4.75. The van der Waals surface area contributed by atoms with Crippen molar-refractivity contribution in [2.45, 2.75) is 31.7 Å². The maximum atomic E-state index is 13.6. The van der Waals surface area contributed by atoms with Crippen LogP contribution in [0.25, 0.3) is 0 Å². The Bertz CT molecular complexity index is 509. The van der Waals surface area contributed by atoms with Crippen molar-refractivity contribution in [2.75, 3.05) is 11.9 Å². The molecule has 2 rings (SSSR count). The van der Waals surface area contributed by atoms with E-state index in [0.29, 0.717) is 25.7 Å². The molecular weight excluding hydrogens is 251 g/mol. The summed E-state index contributed by atoms with van der Waals surface area (Å²) in [5.41, 5.74) is -0.230. The summed E-state index contributed by atoms with van der Waals surface area (Å²) in [6.45, 7) is 0. The van der Waals surface area contributed by atoms with Gasteiger partial charge in [-0.15, -0.1) is 0 Å². The Morgan fingerprint density at radius 1 is 1.37 bits per heavy atom. The smallest absolute Gasteiger partial charge is 0.327 e. The van der Waals surface area contributed by atoms with Crippen molar-refractivity contribution in [2.24, 2.45) is 0 Å². The second-order valence-corrected chi connectivity index (χ2v) is 4.75. The molecule has 0 spiro atoms. The van der Waals surface area contributed by atoms with Crippen LogP contribution in [0.15, 0.2) is 18.2 Å². The number of anilines is 1. The van der Waals surface area contributed by atoms with Crippen molar-refractivity contribution in [1.82, 2.24) is 0 Å². The van der Waals surface area contributed by atoms with Gasteiger partial charge in [-0.2, -0.15) is 4.39 Å². The third-order valence-corrected chi connectivity index (χ3v) is 3.59. The predicted molar refractivity (Wildman–Crippen MR) is 68.7 cm³/mol. The predicted octanol–water partition coefficient (Wildman–Crippen LogP) is 2.68. The molecule has 1 aromatic rings. The van der Waals surface area contributed by atoms with Crippen LogP contribution < -0.4 is 4.90 Å². The largest absolute Gasteiger partial charge is 0.366 e. The minimum atomic E-state index is -0.832. The van der Waals surface area contributed by atoms with Crippen LogP contribution in [0.2, 0.25) is 0 Å². The number of carbonyl (C=O) groups is 1. The Kier molecular flexibility index (Phi) is 3.78. The van der Waals surface area contributed by atoms with Gasteiger partial charge < -0.3 is 4.90 Å². The zero-order chi connectivity index (χ0) is 14.0. The molecule has 1 aliphatic carbocycles. The molecule has 102 valence electrons. The Morgan fingerprint density at radius 2 is 2.00 bits per heavy atom. The van der Waals surface area contributed by atoms with Gasteiger partial charge in [-0.1, -0.05) is 6.07 Å². The molecule has 0 saturated heterocycles. The van der Waals surface area contributed by atoms with Crippen molar-refractivity contribution in [3.63, 3.8) is 0 Å². The molecular formula is C13H15FN2O3. The van der Waals surface area contributed by atoms with Crippen molar-refractivity contribution < 1.29 is 14.1 Å². The molecule has 0 aromatic heterocycles. The number of benzene rings is 1. The third-order valence-electron chi connectivity index (χ3n) is 3.59. The summed E-state index contributed by atoms with van der Waals surface area (Å²) in [6, 6.07) is 4.12. The number of halogens is 1. The molecule has 1 aliphatic rings. The molecule has 6 heteroatoms. The summed E-state index contributed by atoms with van der Waals surface area (Å²) in [4.78, 5) is 23.2. The maximum absolute atomic E-state index is 13.6. The Balaban J connectivity index is 2.28. The molecule has 0 heterocycles. The van der Waals surface area contributed by atoms with Crippen LogP contribution in [0.3, 0.4) is 0 Å². The summed E-state index contributed by atoms with van der Waals surface area (Å²) < 4.78 is 13.6. The van der Waals surface area contributed by atoms with Crippen LogP contribution in [0, 0.1) is 15.9 Å². The van der Waals surface area contributed by atoms with Gasteiger partial charge in [-0.05, 0) is 25.0 Å². The minimum absolute atomic E-state index is 0.0400. The zero-order valence-corrected chi connectivity index (χ0v) is 10.6. The molecule has 5 nitrogen and oxygen atoms in total. The van der Waals surface area contributed by atoms with Crippen LogP contribution in [0.1, 0.15) is 25.7 Å². The third kappa shape index (κ3) is 2.72. The molecule has 0 aliphatic heterocycles. The average molecular weight is 266 g/mol. The van der Waals surface area contributed by atoms with Crippen LogP contribution in [-0.4, -0.2) is 23.8 Å². The fraction of sp³-hybridized carbons (Fsp3) is 0.462. The number of hydrogen-bond acceptors (Lipinski definition) is 4. The first kappa shape index (κ1) is 13.5. The number of nitro groups is 1. The van der Waals surface area contributed by atoms with E-state index in [4.69, 9.17) is 0 Å². The highest BCUT2D eigenvalue weighted by atomic mass is 19.1. The topological polar surface area (TPSA) is 63.4 Å². The summed E-state index contributed by atoms with van der Waals surface area (Å²) in [7, 11) is 1.71. The highest BCUT2D eigenvalue weighted by molar-refractivity contribution is 5.79. The Labute approximate surface area is 110 Å². The highest BCUT2D eigenvalue weighted by Gasteiger charge is 2.28. The van der Waals surface area contributed by atoms with E-state index in [-0.39, 0.29) is 17.5 Å². The summed E-state index contributed by atoms with van der Waals surface area (Å²) >= 11 is 0. The lowest BCUT2D eigenvalue weighted by Crippen LogP contribution is -2.35. The van der Waals surface area contributed by atoms with Crippen LogP contribution >= 0.6 is 0 Å². The molecule has 1 saturated carbocycles. The van der Waals surface area contributed by atoms with Gasteiger partial charge >= 0.3 is 5.69 Å². The molecule has 1 fully saturated rings. The molecule has 0 atom stereocenters. The number of nitro benzene ring substituents is 1. The lowest BCUT2D eigenvalue weighted by molar-refractivity contribution is -0.386. The number of hydrogen-bond donors (Lipinski definition) is 0. The van der Waals surface area contributed by atoms with Crippen molar-refractivity contribution in [3.05, 3.63) is 34.1 Å². The SMILES string of the molecule is CN(c1cccc(F)c1[N+](=O)[O-])C1CCC(=O)CC1. The normalized spacial score (nSPS) is 16.4. The van der Waals surface area contributed by atoms with Gasteiger partial charge in [0.05, 0.1) is 4.92 Å². The van der Waals surface area contributed by atoms with Crippen molar-refractivity contribution in [3.8, 4) is 0 Å². The first-order valence-corrected chi connectivity index (χ1v) is 6.18. The second kappa shape index (κ2) is 5.34. The van der Waals surface area contributed by atoms with Crippen molar-refractivity contribution in [1.29, 1.82) is 0 Å². The first-order valence-electron chi connectivity index (χ1n) is 6.18. The van der Waals surface area contributed by atoms with Crippen LogP contribution in [-0.2, 0) is 4.79 Å². The number of Topliss-reactive ketones (excluding diaryl/α,β-unsaturated/α-hetero) is 1. The van der Waals surface area contributed by atoms with E-state index in [1.54, 1.807) is 11.9 Å². The average Bonchev–Trinajstić information content (AvgIpc) is 2.38. The lowest BCUT2D eigenvalue weighted by Gasteiger charge is -2.32. The summed E-state index contributed by atoms with van der Waals surface area (Å²) in [5.74, 6) is -0.611. The van der Waals surface area contributed by atoms with Crippen LogP contribution in [0.5, 0.6) is 0 Å². The zero-order valence-electron chi connectivity index (χ0n) is 10.6. The van der Waals surface area contributed by atoms with E-state index in [1.165, 1.54) is 12.1 Å². The standard InChI is InChI=1S/C13H15FN2O3/c1-15(9-5-7-10(17)8-6-9)12-4-2-3-11(14)13(12)16(18)19/h2-4,9H,5-8H2,1H3. The van der Waals surface area contributed by atoms with Gasteiger partial charge in [0, 0.05) is 25.9 Å². The minimum Gasteiger partial charge on any atom is -0.366 e. The summed E-state index contributed by atoms with van der Waals surface area (Å²) in [6.07, 6.45) is 2.28. The van der Waals surface area contributed by atoms with Gasteiger partial charge in [-0.25, -0.2) is 0 Å².